The van der Waals surface area contributed by atoms with Crippen LogP contribution < -0.4 is 0 Å². The standard InChI is InChI=1S/C18H16FNO2S/c1-11-13-4-2-5-14(19)17(13)22-16(11)18(21)20-8-3-6-15(20)12-7-9-23-10-12/h2,4-5,7,9-10,15H,3,6,8H2,1H3/t15-/m0/s1. The Morgan fingerprint density at radius 2 is 2.26 bits per heavy atom. The number of rotatable bonds is 2. The van der Waals surface area contributed by atoms with Gasteiger partial charge in [-0.3, -0.25) is 4.79 Å². The zero-order chi connectivity index (χ0) is 16.0. The fourth-order valence-corrected chi connectivity index (χ4v) is 4.07. The first-order chi connectivity index (χ1) is 11.2. The van der Waals surface area contributed by atoms with Crippen LogP contribution in [0.2, 0.25) is 0 Å². The molecular formula is C18H16FNO2S. The normalized spacial score (nSPS) is 18.0. The number of halogens is 1. The van der Waals surface area contributed by atoms with Crippen LogP contribution in [0.4, 0.5) is 4.39 Å². The maximum Gasteiger partial charge on any atom is 0.290 e. The third-order valence-electron chi connectivity index (χ3n) is 4.55. The second-order valence-corrected chi connectivity index (χ2v) is 6.67. The number of furan rings is 1. The van der Waals surface area contributed by atoms with E-state index in [9.17, 15) is 9.18 Å². The Balaban J connectivity index is 1.74. The Morgan fingerprint density at radius 1 is 1.39 bits per heavy atom. The summed E-state index contributed by atoms with van der Waals surface area (Å²) >= 11 is 1.63. The molecule has 0 saturated carbocycles. The zero-order valence-corrected chi connectivity index (χ0v) is 13.5. The Hall–Kier alpha value is -2.14. The van der Waals surface area contributed by atoms with Gasteiger partial charge < -0.3 is 9.32 Å². The molecule has 4 rings (SSSR count). The topological polar surface area (TPSA) is 33.5 Å². The highest BCUT2D eigenvalue weighted by molar-refractivity contribution is 7.08. The van der Waals surface area contributed by atoms with Gasteiger partial charge in [0.1, 0.15) is 0 Å². The lowest BCUT2D eigenvalue weighted by Crippen LogP contribution is -2.30. The molecule has 1 aromatic carbocycles. The number of carbonyl (C=O) groups excluding carboxylic acids is 1. The molecule has 3 aromatic rings. The first kappa shape index (κ1) is 14.5. The number of hydrogen-bond acceptors (Lipinski definition) is 3. The molecule has 0 unspecified atom stereocenters. The van der Waals surface area contributed by atoms with E-state index >= 15 is 0 Å². The van der Waals surface area contributed by atoms with E-state index in [1.54, 1.807) is 23.5 Å². The van der Waals surface area contributed by atoms with Crippen molar-refractivity contribution in [1.82, 2.24) is 4.90 Å². The minimum absolute atomic E-state index is 0.0891. The zero-order valence-electron chi connectivity index (χ0n) is 12.7. The molecule has 1 fully saturated rings. The van der Waals surface area contributed by atoms with Gasteiger partial charge in [0.2, 0.25) is 0 Å². The number of fused-ring (bicyclic) bond motifs is 1. The largest absolute Gasteiger partial charge is 0.448 e. The molecule has 3 heterocycles. The van der Waals surface area contributed by atoms with Gasteiger partial charge >= 0.3 is 0 Å². The Bertz CT molecular complexity index is 869. The lowest BCUT2D eigenvalue weighted by Gasteiger charge is -2.23. The summed E-state index contributed by atoms with van der Waals surface area (Å²) < 4.78 is 19.5. The summed E-state index contributed by atoms with van der Waals surface area (Å²) in [7, 11) is 0. The molecule has 0 aliphatic carbocycles. The van der Waals surface area contributed by atoms with Crippen LogP contribution in [0.5, 0.6) is 0 Å². The van der Waals surface area contributed by atoms with Crippen LogP contribution in [-0.2, 0) is 0 Å². The number of aryl methyl sites for hydroxylation is 1. The third kappa shape index (κ3) is 2.27. The summed E-state index contributed by atoms with van der Waals surface area (Å²) in [5.41, 5.74) is 2.04. The van der Waals surface area contributed by atoms with Gasteiger partial charge in [0.15, 0.2) is 17.2 Å². The molecule has 0 radical (unpaired) electrons. The number of nitrogens with zero attached hydrogens (tertiary/aromatic N) is 1. The van der Waals surface area contributed by atoms with Gasteiger partial charge in [-0.1, -0.05) is 12.1 Å². The van der Waals surface area contributed by atoms with Crippen LogP contribution in [0.1, 0.15) is 40.6 Å². The van der Waals surface area contributed by atoms with Gasteiger partial charge in [-0.2, -0.15) is 11.3 Å². The summed E-state index contributed by atoms with van der Waals surface area (Å²) in [4.78, 5) is 14.8. The molecule has 1 atom stereocenters. The molecule has 1 amide bonds. The van der Waals surface area contributed by atoms with Crippen molar-refractivity contribution in [3.8, 4) is 0 Å². The molecule has 1 saturated heterocycles. The van der Waals surface area contributed by atoms with E-state index in [0.29, 0.717) is 17.5 Å². The fourth-order valence-electron chi connectivity index (χ4n) is 3.36. The predicted molar refractivity (Wildman–Crippen MR) is 88.2 cm³/mol. The number of likely N-dealkylation sites (tertiary alicyclic amines) is 1. The molecule has 0 spiro atoms. The van der Waals surface area contributed by atoms with E-state index < -0.39 is 5.82 Å². The monoisotopic (exact) mass is 329 g/mol. The number of hydrogen-bond donors (Lipinski definition) is 0. The summed E-state index contributed by atoms with van der Waals surface area (Å²) in [6.45, 7) is 2.52. The molecule has 23 heavy (non-hydrogen) atoms. The van der Waals surface area contributed by atoms with Gasteiger partial charge in [0.25, 0.3) is 5.91 Å². The number of amides is 1. The predicted octanol–water partition coefficient (Wildman–Crippen LogP) is 4.92. The van der Waals surface area contributed by atoms with Gasteiger partial charge in [0, 0.05) is 17.5 Å². The molecule has 1 aliphatic rings. The van der Waals surface area contributed by atoms with Crippen LogP contribution in [0, 0.1) is 12.7 Å². The fraction of sp³-hybridized carbons (Fsp3) is 0.278. The van der Waals surface area contributed by atoms with Crippen molar-refractivity contribution in [2.24, 2.45) is 0 Å². The Morgan fingerprint density at radius 3 is 3.00 bits per heavy atom. The molecule has 2 aromatic heterocycles. The quantitative estimate of drug-likeness (QED) is 0.668. The highest BCUT2D eigenvalue weighted by Crippen LogP contribution is 2.36. The van der Waals surface area contributed by atoms with Crippen molar-refractivity contribution >= 4 is 28.2 Å². The second-order valence-electron chi connectivity index (χ2n) is 5.89. The van der Waals surface area contributed by atoms with Crippen LogP contribution in [0.3, 0.4) is 0 Å². The van der Waals surface area contributed by atoms with Gasteiger partial charge in [0.05, 0.1) is 6.04 Å². The van der Waals surface area contributed by atoms with E-state index in [1.165, 1.54) is 11.6 Å². The van der Waals surface area contributed by atoms with E-state index in [0.717, 1.165) is 12.8 Å². The van der Waals surface area contributed by atoms with E-state index in [2.05, 4.69) is 11.4 Å². The van der Waals surface area contributed by atoms with Crippen molar-refractivity contribution in [2.75, 3.05) is 6.54 Å². The highest BCUT2D eigenvalue weighted by Gasteiger charge is 2.33. The third-order valence-corrected chi connectivity index (χ3v) is 5.25. The molecule has 5 heteroatoms. The SMILES string of the molecule is Cc1c(C(=O)N2CCC[C@H]2c2ccsc2)oc2c(F)cccc12. The average Bonchev–Trinajstić information content (AvgIpc) is 3.26. The summed E-state index contributed by atoms with van der Waals surface area (Å²) in [5.74, 6) is -0.320. The minimum Gasteiger partial charge on any atom is -0.448 e. The number of carbonyl (C=O) groups is 1. The summed E-state index contributed by atoms with van der Waals surface area (Å²) in [5, 5.41) is 4.78. The highest BCUT2D eigenvalue weighted by atomic mass is 32.1. The maximum absolute atomic E-state index is 13.9. The van der Waals surface area contributed by atoms with Crippen molar-refractivity contribution in [2.45, 2.75) is 25.8 Å². The molecule has 3 nitrogen and oxygen atoms in total. The lowest BCUT2D eigenvalue weighted by molar-refractivity contribution is 0.0704. The van der Waals surface area contributed by atoms with Crippen LogP contribution in [0.25, 0.3) is 11.0 Å². The molecule has 0 N–H and O–H groups in total. The van der Waals surface area contributed by atoms with Crippen molar-refractivity contribution in [1.29, 1.82) is 0 Å². The molecular weight excluding hydrogens is 313 g/mol. The second kappa shape index (κ2) is 5.49. The Labute approximate surface area is 137 Å². The molecule has 118 valence electrons. The summed E-state index contributed by atoms with van der Waals surface area (Å²) in [6.07, 6.45) is 1.93. The number of benzene rings is 1. The van der Waals surface area contributed by atoms with E-state index in [4.69, 9.17) is 4.42 Å². The van der Waals surface area contributed by atoms with Crippen LogP contribution in [-0.4, -0.2) is 17.4 Å². The molecule has 0 bridgehead atoms. The average molecular weight is 329 g/mol. The van der Waals surface area contributed by atoms with Crippen LogP contribution in [0.15, 0.2) is 39.4 Å². The van der Waals surface area contributed by atoms with Crippen molar-refractivity contribution in [3.05, 3.63) is 57.7 Å². The number of thiophene rings is 1. The van der Waals surface area contributed by atoms with Crippen molar-refractivity contribution in [3.63, 3.8) is 0 Å². The molecule has 1 aliphatic heterocycles. The van der Waals surface area contributed by atoms with Crippen molar-refractivity contribution < 1.29 is 13.6 Å². The van der Waals surface area contributed by atoms with E-state index in [-0.39, 0.29) is 23.3 Å². The van der Waals surface area contributed by atoms with Gasteiger partial charge in [-0.05, 0) is 48.2 Å². The Kier molecular flexibility index (Phi) is 3.45. The first-order valence-electron chi connectivity index (χ1n) is 7.67. The van der Waals surface area contributed by atoms with E-state index in [1.807, 2.05) is 17.2 Å². The first-order valence-corrected chi connectivity index (χ1v) is 8.62. The maximum atomic E-state index is 13.9. The van der Waals surface area contributed by atoms with Gasteiger partial charge in [-0.15, -0.1) is 0 Å². The van der Waals surface area contributed by atoms with Gasteiger partial charge in [-0.25, -0.2) is 4.39 Å². The minimum atomic E-state index is -0.430. The lowest BCUT2D eigenvalue weighted by atomic mass is 10.1. The number of para-hydroxylation sites is 1. The van der Waals surface area contributed by atoms with Crippen LogP contribution >= 0.6 is 11.3 Å². The summed E-state index contributed by atoms with van der Waals surface area (Å²) in [6, 6.07) is 6.92. The smallest absolute Gasteiger partial charge is 0.290 e.